The van der Waals surface area contributed by atoms with Crippen molar-refractivity contribution in [1.82, 2.24) is 0 Å². The fourth-order valence-corrected chi connectivity index (χ4v) is 2.66. The zero-order chi connectivity index (χ0) is 20.5. The smallest absolute Gasteiger partial charge is 0.338 e. The normalized spacial score (nSPS) is 10.2. The summed E-state index contributed by atoms with van der Waals surface area (Å²) in [6, 6.07) is 23.2. The molecule has 0 aliphatic rings. The molecule has 3 rings (SSSR count). The van der Waals surface area contributed by atoms with Crippen LogP contribution in [0.25, 0.3) is 0 Å². The van der Waals surface area contributed by atoms with Crippen LogP contribution in [0.3, 0.4) is 0 Å². The van der Waals surface area contributed by atoms with Gasteiger partial charge in [0.25, 0.3) is 0 Å². The molecule has 0 atom stereocenters. The standard InChI is InChI=1S/C24H22O5/c1-2-27-21-13-11-19(12-14-21)23(25)17-29-24(26)20-9-6-10-22(15-20)28-16-18-7-4-3-5-8-18/h3-15H,2,16-17H2,1H3. The Bertz CT molecular complexity index is 949. The maximum absolute atomic E-state index is 12.3. The van der Waals surface area contributed by atoms with E-state index in [0.29, 0.717) is 35.8 Å². The Morgan fingerprint density at radius 2 is 1.52 bits per heavy atom. The van der Waals surface area contributed by atoms with E-state index in [0.717, 1.165) is 5.56 Å². The summed E-state index contributed by atoms with van der Waals surface area (Å²) in [6.45, 7) is 2.51. The lowest BCUT2D eigenvalue weighted by Crippen LogP contribution is -2.14. The largest absolute Gasteiger partial charge is 0.494 e. The van der Waals surface area contributed by atoms with E-state index in [-0.39, 0.29) is 12.4 Å². The van der Waals surface area contributed by atoms with Crippen molar-refractivity contribution in [2.75, 3.05) is 13.2 Å². The first kappa shape index (κ1) is 20.1. The van der Waals surface area contributed by atoms with Gasteiger partial charge in [0.15, 0.2) is 12.4 Å². The molecule has 3 aromatic rings. The van der Waals surface area contributed by atoms with Crippen LogP contribution in [0.4, 0.5) is 0 Å². The van der Waals surface area contributed by atoms with Crippen LogP contribution in [-0.2, 0) is 11.3 Å². The molecule has 0 spiro atoms. The predicted molar refractivity (Wildman–Crippen MR) is 109 cm³/mol. The number of benzene rings is 3. The first-order valence-electron chi connectivity index (χ1n) is 9.35. The number of esters is 1. The van der Waals surface area contributed by atoms with Gasteiger partial charge in [-0.2, -0.15) is 0 Å². The van der Waals surface area contributed by atoms with Crippen molar-refractivity contribution < 1.29 is 23.8 Å². The highest BCUT2D eigenvalue weighted by Gasteiger charge is 2.13. The molecule has 148 valence electrons. The number of carbonyl (C=O) groups is 2. The van der Waals surface area contributed by atoms with Gasteiger partial charge >= 0.3 is 5.97 Å². The second-order valence-corrected chi connectivity index (χ2v) is 6.26. The molecule has 0 radical (unpaired) electrons. The SMILES string of the molecule is CCOc1ccc(C(=O)COC(=O)c2cccc(OCc3ccccc3)c2)cc1. The Morgan fingerprint density at radius 1 is 0.759 bits per heavy atom. The van der Waals surface area contributed by atoms with E-state index in [9.17, 15) is 9.59 Å². The molecule has 0 unspecified atom stereocenters. The Morgan fingerprint density at radius 3 is 2.24 bits per heavy atom. The molecule has 5 heteroatoms. The number of carbonyl (C=O) groups excluding carboxylic acids is 2. The van der Waals surface area contributed by atoms with Crippen molar-refractivity contribution in [2.45, 2.75) is 13.5 Å². The molecule has 0 amide bonds. The number of ether oxygens (including phenoxy) is 3. The van der Waals surface area contributed by atoms with Gasteiger partial charge in [0.05, 0.1) is 12.2 Å². The minimum absolute atomic E-state index is 0.280. The first-order valence-corrected chi connectivity index (χ1v) is 9.35. The van der Waals surface area contributed by atoms with Gasteiger partial charge < -0.3 is 14.2 Å². The molecule has 29 heavy (non-hydrogen) atoms. The molecule has 0 saturated carbocycles. The molecule has 0 aliphatic carbocycles. The average Bonchev–Trinajstić information content (AvgIpc) is 2.77. The summed E-state index contributed by atoms with van der Waals surface area (Å²) in [5.41, 5.74) is 1.82. The minimum Gasteiger partial charge on any atom is -0.494 e. The van der Waals surface area contributed by atoms with Crippen LogP contribution in [0.2, 0.25) is 0 Å². The molecule has 5 nitrogen and oxygen atoms in total. The number of ketones is 1. The predicted octanol–water partition coefficient (Wildman–Crippen LogP) is 4.70. The van der Waals surface area contributed by atoms with E-state index in [1.165, 1.54) is 0 Å². The maximum Gasteiger partial charge on any atom is 0.338 e. The van der Waals surface area contributed by atoms with Gasteiger partial charge in [-0.3, -0.25) is 4.79 Å². The molecule has 0 bridgehead atoms. The zero-order valence-corrected chi connectivity index (χ0v) is 16.2. The van der Waals surface area contributed by atoms with Crippen molar-refractivity contribution in [2.24, 2.45) is 0 Å². The summed E-state index contributed by atoms with van der Waals surface area (Å²) in [4.78, 5) is 24.5. The number of rotatable bonds is 9. The molecule has 0 heterocycles. The van der Waals surface area contributed by atoms with Gasteiger partial charge in [-0.05, 0) is 55.0 Å². The second kappa shape index (κ2) is 10.1. The van der Waals surface area contributed by atoms with Crippen molar-refractivity contribution in [3.05, 3.63) is 95.6 Å². The van der Waals surface area contributed by atoms with Crippen LogP contribution in [0.15, 0.2) is 78.9 Å². The summed E-state index contributed by atoms with van der Waals surface area (Å²) in [6.07, 6.45) is 0. The van der Waals surface area contributed by atoms with E-state index in [1.54, 1.807) is 48.5 Å². The molecule has 0 aliphatic heterocycles. The highest BCUT2D eigenvalue weighted by atomic mass is 16.5. The van der Waals surface area contributed by atoms with E-state index in [4.69, 9.17) is 14.2 Å². The zero-order valence-electron chi connectivity index (χ0n) is 16.2. The lowest BCUT2D eigenvalue weighted by atomic mass is 10.1. The molecule has 0 N–H and O–H groups in total. The number of hydrogen-bond acceptors (Lipinski definition) is 5. The monoisotopic (exact) mass is 390 g/mol. The second-order valence-electron chi connectivity index (χ2n) is 6.26. The number of Topliss-reactive ketones (excluding diaryl/α,β-unsaturated/α-hetero) is 1. The summed E-state index contributed by atoms with van der Waals surface area (Å²) < 4.78 is 16.2. The van der Waals surface area contributed by atoms with E-state index in [2.05, 4.69) is 0 Å². The molecular formula is C24H22O5. The Labute approximate surface area is 169 Å². The van der Waals surface area contributed by atoms with Crippen LogP contribution >= 0.6 is 0 Å². The average molecular weight is 390 g/mol. The van der Waals surface area contributed by atoms with Crippen molar-refractivity contribution in [1.29, 1.82) is 0 Å². The van der Waals surface area contributed by atoms with Gasteiger partial charge in [0.2, 0.25) is 0 Å². The highest BCUT2D eigenvalue weighted by Crippen LogP contribution is 2.17. The van der Waals surface area contributed by atoms with E-state index in [1.807, 2.05) is 37.3 Å². The molecule has 0 fully saturated rings. The third kappa shape index (κ3) is 5.94. The number of hydrogen-bond donors (Lipinski definition) is 0. The topological polar surface area (TPSA) is 61.8 Å². The Hall–Kier alpha value is -3.60. The molecule has 0 saturated heterocycles. The third-order valence-electron chi connectivity index (χ3n) is 4.14. The quantitative estimate of drug-likeness (QED) is 0.391. The molecule has 0 aromatic heterocycles. The Balaban J connectivity index is 1.54. The fraction of sp³-hybridized carbons (Fsp3) is 0.167. The van der Waals surface area contributed by atoms with Gasteiger partial charge in [0, 0.05) is 5.56 Å². The summed E-state index contributed by atoms with van der Waals surface area (Å²) in [5, 5.41) is 0. The van der Waals surface area contributed by atoms with Crippen LogP contribution < -0.4 is 9.47 Å². The van der Waals surface area contributed by atoms with Crippen LogP contribution in [0.5, 0.6) is 11.5 Å². The third-order valence-corrected chi connectivity index (χ3v) is 4.14. The van der Waals surface area contributed by atoms with Crippen molar-refractivity contribution in [3.8, 4) is 11.5 Å². The first-order chi connectivity index (χ1) is 14.2. The van der Waals surface area contributed by atoms with Crippen LogP contribution in [0, 0.1) is 0 Å². The summed E-state index contributed by atoms with van der Waals surface area (Å²) >= 11 is 0. The lowest BCUT2D eigenvalue weighted by Gasteiger charge is -2.09. The summed E-state index contributed by atoms with van der Waals surface area (Å²) in [7, 11) is 0. The maximum atomic E-state index is 12.3. The molecular weight excluding hydrogens is 368 g/mol. The van der Waals surface area contributed by atoms with E-state index >= 15 is 0 Å². The molecule has 3 aromatic carbocycles. The summed E-state index contributed by atoms with van der Waals surface area (Å²) in [5.74, 6) is 0.391. The lowest BCUT2D eigenvalue weighted by molar-refractivity contribution is 0.0474. The highest BCUT2D eigenvalue weighted by molar-refractivity contribution is 5.99. The van der Waals surface area contributed by atoms with Crippen molar-refractivity contribution in [3.63, 3.8) is 0 Å². The van der Waals surface area contributed by atoms with E-state index < -0.39 is 5.97 Å². The van der Waals surface area contributed by atoms with Crippen molar-refractivity contribution >= 4 is 11.8 Å². The van der Waals surface area contributed by atoms with Crippen LogP contribution in [0.1, 0.15) is 33.2 Å². The fourth-order valence-electron chi connectivity index (χ4n) is 2.66. The van der Waals surface area contributed by atoms with Gasteiger partial charge in [-0.15, -0.1) is 0 Å². The van der Waals surface area contributed by atoms with Crippen LogP contribution in [-0.4, -0.2) is 25.0 Å². The van der Waals surface area contributed by atoms with Gasteiger partial charge in [-0.1, -0.05) is 36.4 Å². The van der Waals surface area contributed by atoms with Gasteiger partial charge in [0.1, 0.15) is 18.1 Å². The minimum atomic E-state index is -0.575. The Kier molecular flexibility index (Phi) is 7.00. The van der Waals surface area contributed by atoms with Gasteiger partial charge in [-0.25, -0.2) is 4.79 Å².